The maximum atomic E-state index is 12.4. The van der Waals surface area contributed by atoms with Gasteiger partial charge in [0.15, 0.2) is 0 Å². The number of aryl methyl sites for hydroxylation is 1. The van der Waals surface area contributed by atoms with Gasteiger partial charge in [0.2, 0.25) is 5.91 Å². The Bertz CT molecular complexity index is 959. The third-order valence-electron chi connectivity index (χ3n) is 4.35. The van der Waals surface area contributed by atoms with Gasteiger partial charge in [0.25, 0.3) is 5.56 Å². The largest absolute Gasteiger partial charge is 0.350 e. The van der Waals surface area contributed by atoms with E-state index >= 15 is 0 Å². The second-order valence-electron chi connectivity index (χ2n) is 5.97. The Morgan fingerprint density at radius 3 is 3.08 bits per heavy atom. The van der Waals surface area contributed by atoms with Crippen LogP contribution >= 0.6 is 0 Å². The van der Waals surface area contributed by atoms with Crippen LogP contribution < -0.4 is 10.9 Å². The maximum Gasteiger partial charge on any atom is 0.269 e. The van der Waals surface area contributed by atoms with E-state index in [-0.39, 0.29) is 24.1 Å². The van der Waals surface area contributed by atoms with Crippen LogP contribution in [0.2, 0.25) is 0 Å². The van der Waals surface area contributed by atoms with Crippen LogP contribution in [0.1, 0.15) is 12.2 Å². The van der Waals surface area contributed by atoms with Gasteiger partial charge in [0, 0.05) is 31.4 Å². The number of carbonyl (C=O) groups is 1. The first-order chi connectivity index (χ1) is 11.7. The Balaban J connectivity index is 1.51. The molecule has 0 radical (unpaired) electrons. The van der Waals surface area contributed by atoms with Gasteiger partial charge in [0.1, 0.15) is 12.4 Å². The number of aromatic nitrogens is 4. The van der Waals surface area contributed by atoms with Crippen molar-refractivity contribution in [2.24, 2.45) is 0 Å². The molecular formula is C17H17N5O2. The van der Waals surface area contributed by atoms with Crippen LogP contribution in [0.25, 0.3) is 11.0 Å². The molecule has 7 nitrogen and oxygen atoms in total. The lowest BCUT2D eigenvalue weighted by Gasteiger charge is -2.25. The topological polar surface area (TPSA) is 81.8 Å². The van der Waals surface area contributed by atoms with Crippen molar-refractivity contribution in [3.8, 4) is 0 Å². The lowest BCUT2D eigenvalue weighted by molar-refractivity contribution is -0.122. The molecule has 3 aromatic rings. The normalized spacial score (nSPS) is 16.8. The Morgan fingerprint density at radius 1 is 1.29 bits per heavy atom. The van der Waals surface area contributed by atoms with Crippen LogP contribution in [0.4, 0.5) is 0 Å². The Labute approximate surface area is 138 Å². The SMILES string of the molecule is O=C(Cn1c(=O)cnc2ccccc21)NC1CCc2nccn2C1. The number of hydrogen-bond donors (Lipinski definition) is 1. The van der Waals surface area contributed by atoms with Crippen molar-refractivity contribution in [1.82, 2.24) is 24.4 Å². The quantitative estimate of drug-likeness (QED) is 0.770. The van der Waals surface area contributed by atoms with Crippen LogP contribution in [0.5, 0.6) is 0 Å². The number of para-hydroxylation sites is 2. The number of imidazole rings is 1. The molecule has 0 aliphatic carbocycles. The van der Waals surface area contributed by atoms with Crippen LogP contribution in [0.3, 0.4) is 0 Å². The highest BCUT2D eigenvalue weighted by Gasteiger charge is 2.20. The van der Waals surface area contributed by atoms with Gasteiger partial charge in [-0.3, -0.25) is 14.2 Å². The van der Waals surface area contributed by atoms with Crippen molar-refractivity contribution in [3.63, 3.8) is 0 Å². The molecule has 0 saturated carbocycles. The Kier molecular flexibility index (Phi) is 3.60. The first kappa shape index (κ1) is 14.6. The minimum Gasteiger partial charge on any atom is -0.350 e. The molecule has 1 aromatic carbocycles. The molecule has 7 heteroatoms. The van der Waals surface area contributed by atoms with Crippen LogP contribution in [0.15, 0.2) is 47.7 Å². The van der Waals surface area contributed by atoms with E-state index in [1.54, 1.807) is 12.3 Å². The number of fused-ring (bicyclic) bond motifs is 2. The van der Waals surface area contributed by atoms with Gasteiger partial charge in [-0.1, -0.05) is 12.1 Å². The molecule has 1 aliphatic rings. The number of carbonyl (C=O) groups excluding carboxylic acids is 1. The van der Waals surface area contributed by atoms with Gasteiger partial charge in [0.05, 0.1) is 17.2 Å². The Morgan fingerprint density at radius 2 is 2.17 bits per heavy atom. The molecule has 24 heavy (non-hydrogen) atoms. The molecule has 0 spiro atoms. The molecule has 3 heterocycles. The van der Waals surface area contributed by atoms with E-state index in [4.69, 9.17) is 0 Å². The molecule has 1 atom stereocenters. The summed E-state index contributed by atoms with van der Waals surface area (Å²) in [6.45, 7) is 0.711. The van der Waals surface area contributed by atoms with Gasteiger partial charge in [-0.2, -0.15) is 0 Å². The van der Waals surface area contributed by atoms with Crippen LogP contribution in [0, 0.1) is 0 Å². The van der Waals surface area contributed by atoms with E-state index in [0.29, 0.717) is 17.6 Å². The second kappa shape index (κ2) is 5.92. The molecule has 0 bridgehead atoms. The highest BCUT2D eigenvalue weighted by molar-refractivity contribution is 5.80. The van der Waals surface area contributed by atoms with Gasteiger partial charge < -0.3 is 9.88 Å². The van der Waals surface area contributed by atoms with E-state index < -0.39 is 0 Å². The van der Waals surface area contributed by atoms with Crippen molar-refractivity contribution in [2.45, 2.75) is 32.0 Å². The summed E-state index contributed by atoms with van der Waals surface area (Å²) < 4.78 is 3.52. The molecular weight excluding hydrogens is 306 g/mol. The van der Waals surface area contributed by atoms with Crippen molar-refractivity contribution >= 4 is 16.9 Å². The van der Waals surface area contributed by atoms with Crippen molar-refractivity contribution in [2.75, 3.05) is 0 Å². The molecule has 4 rings (SSSR count). The predicted molar refractivity (Wildman–Crippen MR) is 88.5 cm³/mol. The third kappa shape index (κ3) is 2.68. The van der Waals surface area contributed by atoms with E-state index in [1.807, 2.05) is 24.4 Å². The first-order valence-corrected chi connectivity index (χ1v) is 7.94. The molecule has 1 N–H and O–H groups in total. The minimum atomic E-state index is -0.274. The molecule has 1 aliphatic heterocycles. The summed E-state index contributed by atoms with van der Waals surface area (Å²) in [5.41, 5.74) is 1.09. The predicted octanol–water partition coefficient (Wildman–Crippen LogP) is 0.724. The lowest BCUT2D eigenvalue weighted by atomic mass is 10.1. The standard InChI is InChI=1S/C17H17N5O2/c23-16(20-12-5-6-15-18-7-8-21(15)10-12)11-22-14-4-2-1-3-13(14)19-9-17(22)24/h1-4,7-9,12H,5-6,10-11H2,(H,20,23). The number of hydrogen-bond acceptors (Lipinski definition) is 4. The molecule has 0 fully saturated rings. The number of benzene rings is 1. The summed E-state index contributed by atoms with van der Waals surface area (Å²) in [7, 11) is 0. The summed E-state index contributed by atoms with van der Waals surface area (Å²) in [5.74, 6) is 0.888. The average molecular weight is 323 g/mol. The van der Waals surface area contributed by atoms with Crippen molar-refractivity contribution < 1.29 is 4.79 Å². The van der Waals surface area contributed by atoms with E-state index in [0.717, 1.165) is 18.7 Å². The highest BCUT2D eigenvalue weighted by Crippen LogP contribution is 2.13. The zero-order valence-electron chi connectivity index (χ0n) is 13.1. The highest BCUT2D eigenvalue weighted by atomic mass is 16.2. The van der Waals surface area contributed by atoms with Crippen LogP contribution in [-0.4, -0.2) is 31.1 Å². The number of nitrogens with one attached hydrogen (secondary N) is 1. The minimum absolute atomic E-state index is 0.00481. The molecule has 2 aromatic heterocycles. The third-order valence-corrected chi connectivity index (χ3v) is 4.35. The molecule has 0 saturated heterocycles. The molecule has 1 amide bonds. The fraction of sp³-hybridized carbons (Fsp3) is 0.294. The summed E-state index contributed by atoms with van der Waals surface area (Å²) >= 11 is 0. The van der Waals surface area contributed by atoms with Crippen molar-refractivity contribution in [1.29, 1.82) is 0 Å². The summed E-state index contributed by atoms with van der Waals surface area (Å²) in [6.07, 6.45) is 6.66. The molecule has 122 valence electrons. The van der Waals surface area contributed by atoms with Gasteiger partial charge in [-0.05, 0) is 18.6 Å². The number of rotatable bonds is 3. The number of nitrogens with zero attached hydrogens (tertiary/aromatic N) is 4. The fourth-order valence-electron chi connectivity index (χ4n) is 3.18. The first-order valence-electron chi connectivity index (χ1n) is 7.94. The van der Waals surface area contributed by atoms with Gasteiger partial charge in [-0.15, -0.1) is 0 Å². The lowest BCUT2D eigenvalue weighted by Crippen LogP contribution is -2.43. The fourth-order valence-corrected chi connectivity index (χ4v) is 3.18. The van der Waals surface area contributed by atoms with E-state index in [1.165, 1.54) is 10.8 Å². The number of amides is 1. The van der Waals surface area contributed by atoms with Crippen LogP contribution in [-0.2, 0) is 24.3 Å². The Hall–Kier alpha value is -2.96. The monoisotopic (exact) mass is 323 g/mol. The van der Waals surface area contributed by atoms with E-state index in [2.05, 4.69) is 19.9 Å². The van der Waals surface area contributed by atoms with Gasteiger partial charge >= 0.3 is 0 Å². The summed E-state index contributed by atoms with van der Waals surface area (Å²) in [5, 5.41) is 3.02. The van der Waals surface area contributed by atoms with E-state index in [9.17, 15) is 9.59 Å². The average Bonchev–Trinajstić information content (AvgIpc) is 3.05. The maximum absolute atomic E-state index is 12.4. The van der Waals surface area contributed by atoms with Gasteiger partial charge in [-0.25, -0.2) is 9.97 Å². The summed E-state index contributed by atoms with van der Waals surface area (Å²) in [4.78, 5) is 32.9. The molecule has 1 unspecified atom stereocenters. The van der Waals surface area contributed by atoms with Crippen molar-refractivity contribution in [3.05, 3.63) is 59.0 Å². The smallest absolute Gasteiger partial charge is 0.269 e. The second-order valence-corrected chi connectivity index (χ2v) is 5.97. The summed E-state index contributed by atoms with van der Waals surface area (Å²) in [6, 6.07) is 7.37. The zero-order chi connectivity index (χ0) is 16.5. The zero-order valence-corrected chi connectivity index (χ0v) is 13.1.